The van der Waals surface area contributed by atoms with Gasteiger partial charge in [-0.25, -0.2) is 9.97 Å². The highest BCUT2D eigenvalue weighted by atomic mass is 35.5. The van der Waals surface area contributed by atoms with Gasteiger partial charge in [-0.1, -0.05) is 17.7 Å². The number of fused-ring (bicyclic) bond motifs is 1. The first kappa shape index (κ1) is 20.9. The van der Waals surface area contributed by atoms with Crippen molar-refractivity contribution in [2.24, 2.45) is 0 Å². The molecular formula is C23H23ClN4O3. The number of carbonyl (C=O) groups excluding carboxylic acids is 1. The molecule has 0 radical (unpaired) electrons. The van der Waals surface area contributed by atoms with Crippen LogP contribution in [0.1, 0.15) is 12.8 Å². The van der Waals surface area contributed by atoms with Gasteiger partial charge in [0.05, 0.1) is 12.6 Å². The molecule has 1 aliphatic heterocycles. The molecule has 0 spiro atoms. The second-order valence-electron chi connectivity index (χ2n) is 7.21. The van der Waals surface area contributed by atoms with E-state index in [-0.39, 0.29) is 6.10 Å². The number of likely N-dealkylation sites (tertiary alicyclic amines) is 1. The number of hydrogen-bond acceptors (Lipinski definition) is 7. The maximum atomic E-state index is 10.5. The molecule has 1 N–H and O–H groups in total. The fourth-order valence-corrected chi connectivity index (χ4v) is 3.79. The summed E-state index contributed by atoms with van der Waals surface area (Å²) < 4.78 is 11.9. The molecule has 31 heavy (non-hydrogen) atoms. The minimum atomic E-state index is 0.0567. The lowest BCUT2D eigenvalue weighted by molar-refractivity contribution is -0.104. The van der Waals surface area contributed by atoms with Crippen molar-refractivity contribution in [3.05, 3.63) is 60.0 Å². The van der Waals surface area contributed by atoms with Crippen LogP contribution in [0.5, 0.6) is 11.5 Å². The molecule has 0 bridgehead atoms. The molecule has 0 aliphatic carbocycles. The smallest absolute Gasteiger partial charge is 0.162 e. The number of aromatic nitrogens is 2. The molecule has 2 aromatic carbocycles. The monoisotopic (exact) mass is 438 g/mol. The van der Waals surface area contributed by atoms with E-state index in [0.29, 0.717) is 22.3 Å². The third kappa shape index (κ3) is 5.06. The van der Waals surface area contributed by atoms with E-state index >= 15 is 0 Å². The second kappa shape index (κ2) is 9.66. The van der Waals surface area contributed by atoms with Crippen LogP contribution < -0.4 is 14.8 Å². The highest BCUT2D eigenvalue weighted by molar-refractivity contribution is 6.30. The first-order chi connectivity index (χ1) is 15.2. The predicted molar refractivity (Wildman–Crippen MR) is 121 cm³/mol. The van der Waals surface area contributed by atoms with E-state index < -0.39 is 0 Å². The summed E-state index contributed by atoms with van der Waals surface area (Å²) in [6.07, 6.45) is 7.40. The number of methoxy groups -OCH3 is 1. The summed E-state index contributed by atoms with van der Waals surface area (Å²) in [7, 11) is 1.62. The van der Waals surface area contributed by atoms with Gasteiger partial charge in [0, 0.05) is 54.3 Å². The number of halogens is 1. The van der Waals surface area contributed by atoms with Crippen LogP contribution >= 0.6 is 11.6 Å². The molecule has 3 aromatic rings. The molecule has 0 unspecified atom stereocenters. The van der Waals surface area contributed by atoms with Gasteiger partial charge in [0.25, 0.3) is 0 Å². The maximum Gasteiger partial charge on any atom is 0.162 e. The van der Waals surface area contributed by atoms with E-state index in [1.54, 1.807) is 7.11 Å². The SMILES string of the molecule is COc1cc2ncnc(Nc3cccc(Cl)c3)c2cc1OC1CCN(C=CC=O)CC1. The summed E-state index contributed by atoms with van der Waals surface area (Å²) in [5.41, 5.74) is 1.58. The zero-order chi connectivity index (χ0) is 21.6. The van der Waals surface area contributed by atoms with Crippen LogP contribution in [-0.4, -0.2) is 47.5 Å². The van der Waals surface area contributed by atoms with Gasteiger partial charge in [0.15, 0.2) is 11.5 Å². The van der Waals surface area contributed by atoms with Gasteiger partial charge in [-0.05, 0) is 30.3 Å². The molecule has 1 fully saturated rings. The van der Waals surface area contributed by atoms with Crippen molar-refractivity contribution in [2.75, 3.05) is 25.5 Å². The number of aldehydes is 1. The normalized spacial score (nSPS) is 14.7. The average Bonchev–Trinajstić information content (AvgIpc) is 2.78. The molecule has 160 valence electrons. The summed E-state index contributed by atoms with van der Waals surface area (Å²) in [5, 5.41) is 4.77. The fraction of sp³-hybridized carbons (Fsp3) is 0.261. The number of hydrogen-bond donors (Lipinski definition) is 1. The van der Waals surface area contributed by atoms with Crippen LogP contribution in [0.2, 0.25) is 5.02 Å². The molecule has 2 heterocycles. The molecule has 7 nitrogen and oxygen atoms in total. The minimum Gasteiger partial charge on any atom is -0.493 e. The molecule has 0 saturated carbocycles. The number of allylic oxidation sites excluding steroid dienone is 1. The number of piperidine rings is 1. The number of benzene rings is 2. The highest BCUT2D eigenvalue weighted by Gasteiger charge is 2.21. The van der Waals surface area contributed by atoms with Crippen molar-refractivity contribution in [1.29, 1.82) is 0 Å². The molecule has 0 amide bonds. The number of nitrogens with one attached hydrogen (secondary N) is 1. The number of ether oxygens (including phenoxy) is 2. The van der Waals surface area contributed by atoms with Crippen molar-refractivity contribution in [3.63, 3.8) is 0 Å². The van der Waals surface area contributed by atoms with E-state index in [1.165, 1.54) is 12.4 Å². The largest absolute Gasteiger partial charge is 0.493 e. The minimum absolute atomic E-state index is 0.0567. The quantitative estimate of drug-likeness (QED) is 0.427. The average molecular weight is 439 g/mol. The van der Waals surface area contributed by atoms with Gasteiger partial charge < -0.3 is 19.7 Å². The highest BCUT2D eigenvalue weighted by Crippen LogP contribution is 2.36. The molecule has 1 saturated heterocycles. The Balaban J connectivity index is 1.58. The van der Waals surface area contributed by atoms with Crippen molar-refractivity contribution < 1.29 is 14.3 Å². The third-order valence-corrected chi connectivity index (χ3v) is 5.39. The van der Waals surface area contributed by atoms with Crippen molar-refractivity contribution in [1.82, 2.24) is 14.9 Å². The van der Waals surface area contributed by atoms with E-state index in [0.717, 1.165) is 48.8 Å². The summed E-state index contributed by atoms with van der Waals surface area (Å²) in [5.74, 6) is 1.94. The topological polar surface area (TPSA) is 76.6 Å². The van der Waals surface area contributed by atoms with Gasteiger partial charge in [-0.15, -0.1) is 0 Å². The predicted octanol–water partition coefficient (Wildman–Crippen LogP) is 4.59. The molecule has 4 rings (SSSR count). The Bertz CT molecular complexity index is 1100. The number of nitrogens with zero attached hydrogens (tertiary/aromatic N) is 3. The first-order valence-corrected chi connectivity index (χ1v) is 10.4. The lowest BCUT2D eigenvalue weighted by Crippen LogP contribution is -2.35. The zero-order valence-corrected chi connectivity index (χ0v) is 17.9. The number of rotatable bonds is 7. The standard InChI is InChI=1S/C23H23ClN4O3/c1-30-21-14-20-19(23(26-15-25-20)27-17-5-2-4-16(24)12-17)13-22(21)31-18-6-9-28(10-7-18)8-3-11-29/h2-5,8,11-15,18H,6-7,9-10H2,1H3,(H,25,26,27). The van der Waals surface area contributed by atoms with Crippen molar-refractivity contribution in [3.8, 4) is 11.5 Å². The molecule has 1 aliphatic rings. The Morgan fingerprint density at radius 3 is 2.74 bits per heavy atom. The Kier molecular flexibility index (Phi) is 6.52. The van der Waals surface area contributed by atoms with Crippen molar-refractivity contribution in [2.45, 2.75) is 18.9 Å². The third-order valence-electron chi connectivity index (χ3n) is 5.15. The van der Waals surface area contributed by atoms with E-state index in [9.17, 15) is 4.79 Å². The van der Waals surface area contributed by atoms with E-state index in [4.69, 9.17) is 21.1 Å². The summed E-state index contributed by atoms with van der Waals surface area (Å²) in [6.45, 7) is 1.66. The number of anilines is 2. The van der Waals surface area contributed by atoms with Crippen LogP contribution in [-0.2, 0) is 4.79 Å². The van der Waals surface area contributed by atoms with Crippen LogP contribution in [0, 0.1) is 0 Å². The van der Waals surface area contributed by atoms with Gasteiger partial charge >= 0.3 is 0 Å². The number of carbonyl (C=O) groups is 1. The summed E-state index contributed by atoms with van der Waals surface area (Å²) >= 11 is 6.11. The van der Waals surface area contributed by atoms with Gasteiger partial charge in [-0.3, -0.25) is 4.79 Å². The first-order valence-electron chi connectivity index (χ1n) is 10.0. The van der Waals surface area contributed by atoms with Crippen LogP contribution in [0.3, 0.4) is 0 Å². The fourth-order valence-electron chi connectivity index (χ4n) is 3.60. The van der Waals surface area contributed by atoms with Gasteiger partial charge in [0.1, 0.15) is 24.5 Å². The van der Waals surface area contributed by atoms with Crippen LogP contribution in [0.4, 0.5) is 11.5 Å². The Labute approximate surface area is 185 Å². The van der Waals surface area contributed by atoms with Crippen LogP contribution in [0.15, 0.2) is 55.0 Å². The van der Waals surface area contributed by atoms with Gasteiger partial charge in [-0.2, -0.15) is 0 Å². The van der Waals surface area contributed by atoms with Crippen molar-refractivity contribution >= 4 is 40.3 Å². The zero-order valence-electron chi connectivity index (χ0n) is 17.1. The molecule has 0 atom stereocenters. The lowest BCUT2D eigenvalue weighted by Gasteiger charge is -2.31. The molecule has 8 heteroatoms. The van der Waals surface area contributed by atoms with E-state index in [1.807, 2.05) is 42.6 Å². The summed E-state index contributed by atoms with van der Waals surface area (Å²) in [4.78, 5) is 21.4. The lowest BCUT2D eigenvalue weighted by atomic mass is 10.1. The molecule has 1 aromatic heterocycles. The van der Waals surface area contributed by atoms with Crippen LogP contribution in [0.25, 0.3) is 10.9 Å². The second-order valence-corrected chi connectivity index (χ2v) is 7.65. The Morgan fingerprint density at radius 2 is 2.00 bits per heavy atom. The maximum absolute atomic E-state index is 10.5. The Hall–Kier alpha value is -3.32. The van der Waals surface area contributed by atoms with E-state index in [2.05, 4.69) is 20.2 Å². The van der Waals surface area contributed by atoms with Gasteiger partial charge in [0.2, 0.25) is 0 Å². The Morgan fingerprint density at radius 1 is 1.16 bits per heavy atom. The summed E-state index contributed by atoms with van der Waals surface area (Å²) in [6, 6.07) is 11.2. The molecular weight excluding hydrogens is 416 g/mol.